The molecule has 4 rings (SSSR count). The number of benzene rings is 2. The van der Waals surface area contributed by atoms with E-state index in [0.717, 1.165) is 57.2 Å². The Bertz CT molecular complexity index is 1140. The van der Waals surface area contributed by atoms with Gasteiger partial charge in [-0.1, -0.05) is 74.1 Å². The normalized spacial score (nSPS) is 15.2. The van der Waals surface area contributed by atoms with Crippen LogP contribution in [0, 0.1) is 0 Å². The average Bonchev–Trinajstić information content (AvgIpc) is 2.86. The molecule has 0 aliphatic carbocycles. The van der Waals surface area contributed by atoms with Gasteiger partial charge in [0.25, 0.3) is 0 Å². The minimum Gasteiger partial charge on any atom is -0.293 e. The number of aromatic nitrogens is 2. The average molecular weight is 477 g/mol. The maximum Gasteiger partial charge on any atom is 0.190 e. The van der Waals surface area contributed by atoms with E-state index in [2.05, 4.69) is 26.0 Å². The number of carbonyl (C=O) groups is 1. The summed E-state index contributed by atoms with van der Waals surface area (Å²) in [6.07, 6.45) is 2.08. The molecule has 0 amide bonds. The highest BCUT2D eigenvalue weighted by atomic mass is 32.2. The molecule has 170 valence electrons. The molecule has 1 unspecified atom stereocenters. The monoisotopic (exact) mass is 476 g/mol. The van der Waals surface area contributed by atoms with Gasteiger partial charge >= 0.3 is 0 Å². The first-order chi connectivity index (χ1) is 16.1. The summed E-state index contributed by atoms with van der Waals surface area (Å²) in [4.78, 5) is 22.9. The van der Waals surface area contributed by atoms with Gasteiger partial charge in [0.05, 0.1) is 11.6 Å². The van der Waals surface area contributed by atoms with Crippen molar-refractivity contribution in [2.75, 3.05) is 16.5 Å². The van der Waals surface area contributed by atoms with Gasteiger partial charge in [-0.05, 0) is 36.3 Å². The first-order valence-corrected chi connectivity index (χ1v) is 13.3. The zero-order valence-electron chi connectivity index (χ0n) is 19.2. The van der Waals surface area contributed by atoms with Crippen LogP contribution in [0.4, 0.5) is 11.5 Å². The Morgan fingerprint density at radius 1 is 0.909 bits per heavy atom. The predicted octanol–water partition coefficient (Wildman–Crippen LogP) is 6.71. The fourth-order valence-corrected chi connectivity index (χ4v) is 5.41. The molecule has 3 aromatic rings. The van der Waals surface area contributed by atoms with E-state index >= 15 is 0 Å². The highest BCUT2D eigenvalue weighted by Gasteiger charge is 2.37. The summed E-state index contributed by atoms with van der Waals surface area (Å²) >= 11 is 3.40. The molecule has 0 saturated carbocycles. The molecule has 7 heteroatoms. The summed E-state index contributed by atoms with van der Waals surface area (Å²) in [7, 11) is 0. The van der Waals surface area contributed by atoms with Crippen molar-refractivity contribution in [1.82, 2.24) is 9.97 Å². The number of hydrogen-bond donors (Lipinski definition) is 0. The molecule has 0 N–H and O–H groups in total. The Kier molecular flexibility index (Phi) is 7.83. The number of thioether (sulfide) groups is 2. The molecule has 1 aromatic heterocycles. The minimum atomic E-state index is -0.303. The molecule has 0 fully saturated rings. The van der Waals surface area contributed by atoms with Gasteiger partial charge < -0.3 is 0 Å². The molecule has 0 radical (unpaired) electrons. The van der Waals surface area contributed by atoms with Crippen LogP contribution >= 0.6 is 23.5 Å². The summed E-state index contributed by atoms with van der Waals surface area (Å²) in [5.41, 5.74) is 3.37. The van der Waals surface area contributed by atoms with Crippen LogP contribution in [-0.4, -0.2) is 33.0 Å². The van der Waals surface area contributed by atoms with Crippen molar-refractivity contribution in [3.8, 4) is 0 Å². The number of rotatable bonds is 9. The van der Waals surface area contributed by atoms with E-state index in [1.54, 1.807) is 30.4 Å². The Labute approximate surface area is 204 Å². The smallest absolute Gasteiger partial charge is 0.190 e. The van der Waals surface area contributed by atoms with Gasteiger partial charge in [0.1, 0.15) is 10.7 Å². The van der Waals surface area contributed by atoms with Gasteiger partial charge in [0.15, 0.2) is 16.8 Å². The molecule has 0 bridgehead atoms. The minimum absolute atomic E-state index is 0.0497. The molecule has 2 aromatic carbocycles. The number of anilines is 2. The highest BCUT2D eigenvalue weighted by Crippen LogP contribution is 2.45. The molecular formula is C26H28N4OS2. The molecule has 1 aliphatic heterocycles. The van der Waals surface area contributed by atoms with Crippen LogP contribution in [-0.2, 0) is 4.79 Å². The second kappa shape index (κ2) is 11.0. The summed E-state index contributed by atoms with van der Waals surface area (Å²) in [5.74, 6) is 2.30. The molecule has 5 nitrogen and oxygen atoms in total. The van der Waals surface area contributed by atoms with Gasteiger partial charge in [0, 0.05) is 18.2 Å². The van der Waals surface area contributed by atoms with Crippen LogP contribution in [0.3, 0.4) is 0 Å². The Morgan fingerprint density at radius 2 is 1.55 bits per heavy atom. The lowest BCUT2D eigenvalue weighted by molar-refractivity contribution is -0.111. The molecule has 0 spiro atoms. The Hall–Kier alpha value is -2.64. The van der Waals surface area contributed by atoms with Gasteiger partial charge in [-0.15, -0.1) is 11.8 Å². The summed E-state index contributed by atoms with van der Waals surface area (Å²) in [6.45, 7) is 5.91. The lowest BCUT2D eigenvalue weighted by atomic mass is 9.85. The first kappa shape index (κ1) is 23.5. The number of hydrogen-bond acceptors (Lipinski definition) is 7. The Morgan fingerprint density at radius 3 is 2.18 bits per heavy atom. The second-order valence-corrected chi connectivity index (χ2v) is 9.92. The van der Waals surface area contributed by atoms with E-state index in [4.69, 9.17) is 15.1 Å². The third kappa shape index (κ3) is 5.14. The largest absolute Gasteiger partial charge is 0.293 e. The lowest BCUT2D eigenvalue weighted by Crippen LogP contribution is -2.32. The SMILES string of the molecule is CCCSc1nc(SCCC)c2c(n1)N(c1ccccc1)N=C(C(C)=O)C2c1ccccc1. The molecular weight excluding hydrogens is 448 g/mol. The van der Waals surface area contributed by atoms with Gasteiger partial charge in [-0.25, -0.2) is 15.0 Å². The third-order valence-electron chi connectivity index (χ3n) is 5.21. The summed E-state index contributed by atoms with van der Waals surface area (Å²) < 4.78 is 0. The molecule has 1 atom stereocenters. The predicted molar refractivity (Wildman–Crippen MR) is 139 cm³/mol. The molecule has 0 saturated heterocycles. The van der Waals surface area contributed by atoms with E-state index in [0.29, 0.717) is 5.71 Å². The van der Waals surface area contributed by atoms with E-state index < -0.39 is 0 Å². The number of hydrazone groups is 1. The van der Waals surface area contributed by atoms with Gasteiger partial charge in [-0.3, -0.25) is 4.79 Å². The van der Waals surface area contributed by atoms with Crippen molar-refractivity contribution in [1.29, 1.82) is 0 Å². The van der Waals surface area contributed by atoms with Gasteiger partial charge in [-0.2, -0.15) is 5.10 Å². The number of ketones is 1. The molecule has 33 heavy (non-hydrogen) atoms. The van der Waals surface area contributed by atoms with Crippen LogP contribution < -0.4 is 5.01 Å². The number of fused-ring (bicyclic) bond motifs is 1. The molecule has 2 heterocycles. The standard InChI is InChI=1S/C26H28N4OS2/c1-4-16-32-25-22-21(19-12-8-6-9-13-19)23(18(3)31)29-30(20-14-10-7-11-15-20)24(22)27-26(28-25)33-17-5-2/h6-15,21H,4-5,16-17H2,1-3H3. The first-order valence-electron chi connectivity index (χ1n) is 11.3. The van der Waals surface area contributed by atoms with E-state index in [1.165, 1.54) is 0 Å². The summed E-state index contributed by atoms with van der Waals surface area (Å²) in [5, 5.41) is 8.39. The van der Waals surface area contributed by atoms with Crippen molar-refractivity contribution in [2.45, 2.75) is 49.7 Å². The van der Waals surface area contributed by atoms with Crippen molar-refractivity contribution in [2.24, 2.45) is 5.10 Å². The maximum absolute atomic E-state index is 12.9. The van der Waals surface area contributed by atoms with Crippen molar-refractivity contribution >= 4 is 46.5 Å². The van der Waals surface area contributed by atoms with Crippen LogP contribution in [0.25, 0.3) is 0 Å². The van der Waals surface area contributed by atoms with Crippen LogP contribution in [0.15, 0.2) is 75.9 Å². The van der Waals surface area contributed by atoms with E-state index in [9.17, 15) is 4.79 Å². The van der Waals surface area contributed by atoms with Crippen LogP contribution in [0.1, 0.15) is 50.7 Å². The summed E-state index contributed by atoms with van der Waals surface area (Å²) in [6, 6.07) is 20.0. The quantitative estimate of drug-likeness (QED) is 0.194. The topological polar surface area (TPSA) is 58.5 Å². The van der Waals surface area contributed by atoms with Crippen LogP contribution in [0.5, 0.6) is 0 Å². The Balaban J connectivity index is 1.99. The lowest BCUT2D eigenvalue weighted by Gasteiger charge is -2.33. The third-order valence-corrected chi connectivity index (χ3v) is 7.46. The second-order valence-electron chi connectivity index (χ2n) is 7.78. The van der Waals surface area contributed by atoms with E-state index in [1.807, 2.05) is 53.5 Å². The van der Waals surface area contributed by atoms with Crippen molar-refractivity contribution < 1.29 is 4.79 Å². The number of carbonyl (C=O) groups excluding carboxylic acids is 1. The van der Waals surface area contributed by atoms with Crippen molar-refractivity contribution in [3.63, 3.8) is 0 Å². The number of Topliss-reactive ketones (excluding diaryl/α,β-unsaturated/α-hetero) is 1. The number of para-hydroxylation sites is 1. The zero-order chi connectivity index (χ0) is 23.2. The molecule has 1 aliphatic rings. The van der Waals surface area contributed by atoms with Crippen molar-refractivity contribution in [3.05, 3.63) is 71.8 Å². The maximum atomic E-state index is 12.9. The van der Waals surface area contributed by atoms with E-state index in [-0.39, 0.29) is 11.7 Å². The zero-order valence-corrected chi connectivity index (χ0v) is 20.8. The fourth-order valence-electron chi connectivity index (χ4n) is 3.74. The highest BCUT2D eigenvalue weighted by molar-refractivity contribution is 7.99. The van der Waals surface area contributed by atoms with Crippen LogP contribution in [0.2, 0.25) is 0 Å². The fraction of sp³-hybridized carbons (Fsp3) is 0.308. The van der Waals surface area contributed by atoms with Gasteiger partial charge in [0.2, 0.25) is 0 Å². The number of nitrogens with zero attached hydrogens (tertiary/aromatic N) is 4.